The highest BCUT2D eigenvalue weighted by atomic mass is 28.4. The molecule has 0 fully saturated rings. The smallest absolute Gasteiger partial charge is 0.192 e. The SMILES string of the molecule is CO/C=C/C1=C[C@@H](O[Si](C)(C)C(C)(C)C)C[C@H]1O[Si](C)(C)C(C)(C)C. The first-order valence-electron chi connectivity index (χ1n) is 9.37. The van der Waals surface area contributed by atoms with Gasteiger partial charge in [0.15, 0.2) is 16.6 Å². The van der Waals surface area contributed by atoms with E-state index in [4.69, 9.17) is 13.6 Å². The van der Waals surface area contributed by atoms with Crippen molar-refractivity contribution in [1.82, 2.24) is 0 Å². The molecule has 0 aliphatic heterocycles. The Balaban J connectivity index is 2.98. The van der Waals surface area contributed by atoms with Crippen molar-refractivity contribution >= 4 is 16.6 Å². The Bertz CT molecular complexity index is 508. The molecular formula is C20H40O3Si2. The van der Waals surface area contributed by atoms with Crippen LogP contribution in [-0.4, -0.2) is 36.0 Å². The predicted molar refractivity (Wildman–Crippen MR) is 113 cm³/mol. The molecule has 1 aliphatic carbocycles. The zero-order valence-electron chi connectivity index (χ0n) is 18.3. The first-order valence-corrected chi connectivity index (χ1v) is 15.2. The average Bonchev–Trinajstić information content (AvgIpc) is 2.74. The zero-order chi connectivity index (χ0) is 19.7. The number of methoxy groups -OCH3 is 1. The Labute approximate surface area is 158 Å². The first-order chi connectivity index (χ1) is 11.1. The van der Waals surface area contributed by atoms with Gasteiger partial charge in [-0.2, -0.15) is 0 Å². The number of hydrogen-bond acceptors (Lipinski definition) is 3. The second-order valence-electron chi connectivity index (χ2n) is 10.2. The van der Waals surface area contributed by atoms with Crippen LogP contribution in [0.25, 0.3) is 0 Å². The summed E-state index contributed by atoms with van der Waals surface area (Å²) < 4.78 is 18.5. The number of ether oxygens (including phenoxy) is 1. The molecule has 0 saturated carbocycles. The summed E-state index contributed by atoms with van der Waals surface area (Å²) in [7, 11) is -1.96. The molecule has 0 saturated heterocycles. The normalized spacial score (nSPS) is 23.2. The predicted octanol–water partition coefficient (Wildman–Crippen LogP) is 6.26. The summed E-state index contributed by atoms with van der Waals surface area (Å²) in [5, 5.41) is 0.406. The van der Waals surface area contributed by atoms with Crippen LogP contribution < -0.4 is 0 Å². The van der Waals surface area contributed by atoms with Crippen molar-refractivity contribution in [1.29, 1.82) is 0 Å². The van der Waals surface area contributed by atoms with E-state index < -0.39 is 16.6 Å². The average molecular weight is 385 g/mol. The minimum Gasteiger partial charge on any atom is -0.504 e. The van der Waals surface area contributed by atoms with E-state index in [1.807, 2.05) is 6.08 Å². The van der Waals surface area contributed by atoms with Crippen LogP contribution in [-0.2, 0) is 13.6 Å². The Morgan fingerprint density at radius 1 is 0.920 bits per heavy atom. The van der Waals surface area contributed by atoms with Crippen molar-refractivity contribution in [3.63, 3.8) is 0 Å². The van der Waals surface area contributed by atoms with Crippen molar-refractivity contribution in [2.24, 2.45) is 0 Å². The van der Waals surface area contributed by atoms with E-state index in [1.54, 1.807) is 13.4 Å². The van der Waals surface area contributed by atoms with Gasteiger partial charge in [0.1, 0.15) is 0 Å². The van der Waals surface area contributed by atoms with Crippen LogP contribution in [0.3, 0.4) is 0 Å². The van der Waals surface area contributed by atoms with E-state index in [0.29, 0.717) is 0 Å². The van der Waals surface area contributed by atoms with Crippen LogP contribution in [0.1, 0.15) is 48.0 Å². The summed E-state index contributed by atoms with van der Waals surface area (Å²) in [4.78, 5) is 0. The summed E-state index contributed by atoms with van der Waals surface area (Å²) in [6.07, 6.45) is 7.15. The van der Waals surface area contributed by atoms with Gasteiger partial charge in [0.05, 0.1) is 25.6 Å². The lowest BCUT2D eigenvalue weighted by Gasteiger charge is -2.40. The topological polar surface area (TPSA) is 27.7 Å². The van der Waals surface area contributed by atoms with Gasteiger partial charge in [-0.15, -0.1) is 0 Å². The van der Waals surface area contributed by atoms with E-state index >= 15 is 0 Å². The van der Waals surface area contributed by atoms with Gasteiger partial charge >= 0.3 is 0 Å². The molecule has 0 N–H and O–H groups in total. The molecule has 0 aromatic carbocycles. The Morgan fingerprint density at radius 3 is 1.84 bits per heavy atom. The van der Waals surface area contributed by atoms with Crippen LogP contribution in [0, 0.1) is 0 Å². The molecule has 0 heterocycles. The van der Waals surface area contributed by atoms with E-state index in [-0.39, 0.29) is 22.3 Å². The van der Waals surface area contributed by atoms with Crippen LogP contribution in [0.15, 0.2) is 24.0 Å². The maximum absolute atomic E-state index is 6.70. The van der Waals surface area contributed by atoms with Gasteiger partial charge in [-0.05, 0) is 47.9 Å². The van der Waals surface area contributed by atoms with Gasteiger partial charge < -0.3 is 13.6 Å². The van der Waals surface area contributed by atoms with Gasteiger partial charge in [-0.1, -0.05) is 47.6 Å². The molecule has 0 unspecified atom stereocenters. The van der Waals surface area contributed by atoms with Crippen molar-refractivity contribution in [2.45, 2.75) is 96.4 Å². The summed E-state index contributed by atoms with van der Waals surface area (Å²) in [6.45, 7) is 23.0. The van der Waals surface area contributed by atoms with Crippen LogP contribution in [0.2, 0.25) is 36.3 Å². The maximum Gasteiger partial charge on any atom is 0.192 e. The molecule has 0 aromatic rings. The number of hydrogen-bond donors (Lipinski definition) is 0. The van der Waals surface area contributed by atoms with E-state index in [0.717, 1.165) is 6.42 Å². The molecule has 0 radical (unpaired) electrons. The Hall–Kier alpha value is -0.366. The lowest BCUT2D eigenvalue weighted by atomic mass is 10.2. The molecule has 0 bridgehead atoms. The third-order valence-corrected chi connectivity index (χ3v) is 15.1. The van der Waals surface area contributed by atoms with Gasteiger partial charge in [0.2, 0.25) is 0 Å². The first kappa shape index (κ1) is 22.7. The lowest BCUT2D eigenvalue weighted by molar-refractivity contribution is 0.156. The van der Waals surface area contributed by atoms with Crippen LogP contribution >= 0.6 is 0 Å². The largest absolute Gasteiger partial charge is 0.504 e. The minimum absolute atomic E-state index is 0.0991. The summed E-state index contributed by atoms with van der Waals surface area (Å²) in [5.41, 5.74) is 1.19. The lowest BCUT2D eigenvalue weighted by Crippen LogP contribution is -2.45. The molecule has 1 aliphatic rings. The summed E-state index contributed by atoms with van der Waals surface area (Å²) >= 11 is 0. The fourth-order valence-corrected chi connectivity index (χ4v) is 4.90. The highest BCUT2D eigenvalue weighted by Crippen LogP contribution is 2.42. The fraction of sp³-hybridized carbons (Fsp3) is 0.800. The molecule has 146 valence electrons. The van der Waals surface area contributed by atoms with E-state index in [9.17, 15) is 0 Å². The van der Waals surface area contributed by atoms with Gasteiger partial charge in [-0.3, -0.25) is 0 Å². The quantitative estimate of drug-likeness (QED) is 0.400. The van der Waals surface area contributed by atoms with Crippen molar-refractivity contribution < 1.29 is 13.6 Å². The molecule has 0 amide bonds. The van der Waals surface area contributed by atoms with Crippen molar-refractivity contribution in [3.8, 4) is 0 Å². The standard InChI is InChI=1S/C20H40O3Si2/c1-19(2,3)24(8,9)22-17-14-16(12-13-21-7)18(15-17)23-25(10,11)20(4,5)6/h12-14,17-18H,15H2,1-11H3/b13-12+/t17-,18-/m1/s1. The van der Waals surface area contributed by atoms with Gasteiger partial charge in [0, 0.05) is 6.42 Å². The Kier molecular flexibility index (Phi) is 6.99. The second kappa shape index (κ2) is 7.71. The third kappa shape index (κ3) is 5.81. The molecule has 25 heavy (non-hydrogen) atoms. The third-order valence-electron chi connectivity index (χ3n) is 6.09. The molecular weight excluding hydrogens is 344 g/mol. The van der Waals surface area contributed by atoms with E-state index in [2.05, 4.69) is 73.8 Å². The molecule has 0 spiro atoms. The minimum atomic E-state index is -1.84. The summed E-state index contributed by atoms with van der Waals surface area (Å²) in [6, 6.07) is 0. The highest BCUT2D eigenvalue weighted by molar-refractivity contribution is 6.74. The monoisotopic (exact) mass is 384 g/mol. The molecule has 1 rings (SSSR count). The Morgan fingerprint density at radius 2 is 1.40 bits per heavy atom. The molecule has 2 atom stereocenters. The molecule has 0 aromatic heterocycles. The van der Waals surface area contributed by atoms with Crippen molar-refractivity contribution in [2.75, 3.05) is 7.11 Å². The molecule has 3 nitrogen and oxygen atoms in total. The summed E-state index contributed by atoms with van der Waals surface area (Å²) in [5.74, 6) is 0. The maximum atomic E-state index is 6.70. The van der Waals surface area contributed by atoms with Crippen LogP contribution in [0.4, 0.5) is 0 Å². The molecule has 5 heteroatoms. The second-order valence-corrected chi connectivity index (χ2v) is 19.7. The highest BCUT2D eigenvalue weighted by Gasteiger charge is 2.44. The number of rotatable bonds is 6. The van der Waals surface area contributed by atoms with E-state index in [1.165, 1.54) is 5.57 Å². The van der Waals surface area contributed by atoms with Gasteiger partial charge in [0.25, 0.3) is 0 Å². The van der Waals surface area contributed by atoms with Gasteiger partial charge in [-0.25, -0.2) is 0 Å². The fourth-order valence-electron chi connectivity index (χ4n) is 2.33. The van der Waals surface area contributed by atoms with Crippen molar-refractivity contribution in [3.05, 3.63) is 24.0 Å². The van der Waals surface area contributed by atoms with Crippen LogP contribution in [0.5, 0.6) is 0 Å². The zero-order valence-corrected chi connectivity index (χ0v) is 20.3.